The standard InChI is InChI=1S/C15H23NO2/c1-10-8-12(17-2)14(13(9-10)18-3)15(16)11-6-4-5-7-11/h8-9,11,15H,4-7,16H2,1-3H3/t15-/m0/s1. The Morgan fingerprint density at radius 3 is 2.06 bits per heavy atom. The molecule has 3 heteroatoms. The maximum atomic E-state index is 6.44. The van der Waals surface area contributed by atoms with Crippen molar-refractivity contribution < 1.29 is 9.47 Å². The number of ether oxygens (including phenoxy) is 2. The van der Waals surface area contributed by atoms with Gasteiger partial charge in [0.05, 0.1) is 19.8 Å². The van der Waals surface area contributed by atoms with E-state index in [2.05, 4.69) is 0 Å². The molecule has 1 aromatic carbocycles. The van der Waals surface area contributed by atoms with Gasteiger partial charge in [-0.15, -0.1) is 0 Å². The van der Waals surface area contributed by atoms with Gasteiger partial charge in [-0.05, 0) is 43.4 Å². The van der Waals surface area contributed by atoms with E-state index in [4.69, 9.17) is 15.2 Å². The molecule has 0 unspecified atom stereocenters. The van der Waals surface area contributed by atoms with E-state index in [9.17, 15) is 0 Å². The molecule has 1 aliphatic rings. The summed E-state index contributed by atoms with van der Waals surface area (Å²) in [4.78, 5) is 0. The Balaban J connectivity index is 2.39. The van der Waals surface area contributed by atoms with E-state index >= 15 is 0 Å². The maximum Gasteiger partial charge on any atom is 0.127 e. The average molecular weight is 249 g/mol. The average Bonchev–Trinajstić information content (AvgIpc) is 2.90. The third-order valence-corrected chi connectivity index (χ3v) is 3.93. The van der Waals surface area contributed by atoms with Crippen molar-refractivity contribution in [1.29, 1.82) is 0 Å². The summed E-state index contributed by atoms with van der Waals surface area (Å²) in [6.45, 7) is 2.04. The van der Waals surface area contributed by atoms with Crippen LogP contribution in [0.15, 0.2) is 12.1 Å². The monoisotopic (exact) mass is 249 g/mol. The van der Waals surface area contributed by atoms with Gasteiger partial charge in [-0.1, -0.05) is 12.8 Å². The van der Waals surface area contributed by atoms with E-state index in [1.54, 1.807) is 14.2 Å². The predicted octanol–water partition coefficient (Wildman–Crippen LogP) is 3.20. The lowest BCUT2D eigenvalue weighted by Crippen LogP contribution is -2.20. The fourth-order valence-corrected chi connectivity index (χ4v) is 2.95. The van der Waals surface area contributed by atoms with Gasteiger partial charge < -0.3 is 15.2 Å². The van der Waals surface area contributed by atoms with Crippen LogP contribution in [0.1, 0.15) is 42.9 Å². The molecule has 0 aromatic heterocycles. The summed E-state index contributed by atoms with van der Waals surface area (Å²) in [5.41, 5.74) is 8.60. The van der Waals surface area contributed by atoms with Crippen molar-refractivity contribution in [3.8, 4) is 11.5 Å². The minimum Gasteiger partial charge on any atom is -0.496 e. The van der Waals surface area contributed by atoms with Crippen LogP contribution in [0, 0.1) is 12.8 Å². The summed E-state index contributed by atoms with van der Waals surface area (Å²) < 4.78 is 11.0. The molecule has 0 bridgehead atoms. The minimum absolute atomic E-state index is 0.0120. The zero-order valence-electron chi connectivity index (χ0n) is 11.5. The highest BCUT2D eigenvalue weighted by molar-refractivity contribution is 5.50. The van der Waals surface area contributed by atoms with Gasteiger partial charge in [0.2, 0.25) is 0 Å². The molecule has 1 atom stereocenters. The van der Waals surface area contributed by atoms with Gasteiger partial charge in [-0.2, -0.15) is 0 Å². The zero-order chi connectivity index (χ0) is 13.1. The second-order valence-electron chi connectivity index (χ2n) is 5.15. The maximum absolute atomic E-state index is 6.44. The highest BCUT2D eigenvalue weighted by Gasteiger charge is 2.28. The minimum atomic E-state index is 0.0120. The SMILES string of the molecule is COc1cc(C)cc(OC)c1[C@@H](N)C1CCCC1. The first-order chi connectivity index (χ1) is 8.67. The molecule has 0 radical (unpaired) electrons. The van der Waals surface area contributed by atoms with Gasteiger partial charge >= 0.3 is 0 Å². The third-order valence-electron chi connectivity index (χ3n) is 3.93. The lowest BCUT2D eigenvalue weighted by molar-refractivity contribution is 0.357. The molecule has 0 spiro atoms. The molecule has 18 heavy (non-hydrogen) atoms. The van der Waals surface area contributed by atoms with Crippen LogP contribution >= 0.6 is 0 Å². The highest BCUT2D eigenvalue weighted by atomic mass is 16.5. The Morgan fingerprint density at radius 1 is 1.11 bits per heavy atom. The predicted molar refractivity (Wildman–Crippen MR) is 73.2 cm³/mol. The van der Waals surface area contributed by atoms with Gasteiger partial charge in [-0.3, -0.25) is 0 Å². The van der Waals surface area contributed by atoms with Gasteiger partial charge in [0.25, 0.3) is 0 Å². The fourth-order valence-electron chi connectivity index (χ4n) is 2.95. The number of methoxy groups -OCH3 is 2. The molecule has 3 nitrogen and oxygen atoms in total. The van der Waals surface area contributed by atoms with Crippen molar-refractivity contribution >= 4 is 0 Å². The van der Waals surface area contributed by atoms with Gasteiger partial charge in [0.1, 0.15) is 11.5 Å². The molecule has 0 heterocycles. The van der Waals surface area contributed by atoms with Crippen molar-refractivity contribution in [1.82, 2.24) is 0 Å². The Kier molecular flexibility index (Phi) is 4.12. The molecular weight excluding hydrogens is 226 g/mol. The Labute approximate surface area is 109 Å². The van der Waals surface area contributed by atoms with E-state index in [-0.39, 0.29) is 6.04 Å². The topological polar surface area (TPSA) is 44.5 Å². The van der Waals surface area contributed by atoms with Crippen LogP contribution in [-0.4, -0.2) is 14.2 Å². The number of nitrogens with two attached hydrogens (primary N) is 1. The second-order valence-corrected chi connectivity index (χ2v) is 5.15. The number of benzene rings is 1. The van der Waals surface area contributed by atoms with Crippen LogP contribution < -0.4 is 15.2 Å². The summed E-state index contributed by atoms with van der Waals surface area (Å²) in [5, 5.41) is 0. The summed E-state index contributed by atoms with van der Waals surface area (Å²) in [6, 6.07) is 4.08. The van der Waals surface area contributed by atoms with E-state index < -0.39 is 0 Å². The zero-order valence-corrected chi connectivity index (χ0v) is 11.5. The first-order valence-corrected chi connectivity index (χ1v) is 6.65. The van der Waals surface area contributed by atoms with E-state index in [0.29, 0.717) is 5.92 Å². The molecule has 2 N–H and O–H groups in total. The first-order valence-electron chi connectivity index (χ1n) is 6.65. The quantitative estimate of drug-likeness (QED) is 0.891. The molecule has 2 rings (SSSR count). The molecule has 1 aromatic rings. The summed E-state index contributed by atoms with van der Waals surface area (Å²) in [7, 11) is 3.39. The van der Waals surface area contributed by atoms with Crippen LogP contribution in [0.3, 0.4) is 0 Å². The van der Waals surface area contributed by atoms with Crippen molar-refractivity contribution in [3.05, 3.63) is 23.3 Å². The van der Waals surface area contributed by atoms with Crippen LogP contribution in [0.5, 0.6) is 11.5 Å². The third kappa shape index (κ3) is 2.46. The molecule has 1 aliphatic carbocycles. The van der Waals surface area contributed by atoms with Gasteiger partial charge in [0.15, 0.2) is 0 Å². The van der Waals surface area contributed by atoms with Gasteiger partial charge in [-0.25, -0.2) is 0 Å². The lowest BCUT2D eigenvalue weighted by atomic mass is 9.90. The van der Waals surface area contributed by atoms with Gasteiger partial charge in [0, 0.05) is 6.04 Å². The number of hydrogen-bond acceptors (Lipinski definition) is 3. The van der Waals surface area contributed by atoms with Crippen LogP contribution in [0.2, 0.25) is 0 Å². The van der Waals surface area contributed by atoms with Crippen molar-refractivity contribution in [2.45, 2.75) is 38.6 Å². The smallest absolute Gasteiger partial charge is 0.127 e. The van der Waals surface area contributed by atoms with Crippen LogP contribution in [0.4, 0.5) is 0 Å². The highest BCUT2D eigenvalue weighted by Crippen LogP contribution is 2.42. The summed E-state index contributed by atoms with van der Waals surface area (Å²) in [5.74, 6) is 2.26. The van der Waals surface area contributed by atoms with E-state index in [0.717, 1.165) is 22.6 Å². The first kappa shape index (κ1) is 13.2. The van der Waals surface area contributed by atoms with Crippen LogP contribution in [-0.2, 0) is 0 Å². The molecule has 0 amide bonds. The molecular formula is C15H23NO2. The van der Waals surface area contributed by atoms with Crippen molar-refractivity contribution in [2.75, 3.05) is 14.2 Å². The van der Waals surface area contributed by atoms with E-state index in [1.807, 2.05) is 19.1 Å². The normalized spacial score (nSPS) is 17.8. The van der Waals surface area contributed by atoms with Crippen molar-refractivity contribution in [3.63, 3.8) is 0 Å². The number of aryl methyl sites for hydroxylation is 1. The Hall–Kier alpha value is -1.22. The van der Waals surface area contributed by atoms with Crippen molar-refractivity contribution in [2.24, 2.45) is 11.7 Å². The summed E-state index contributed by atoms with van der Waals surface area (Å²) in [6.07, 6.45) is 4.99. The van der Waals surface area contributed by atoms with E-state index in [1.165, 1.54) is 25.7 Å². The molecule has 0 saturated heterocycles. The number of hydrogen-bond donors (Lipinski definition) is 1. The number of rotatable bonds is 4. The van der Waals surface area contributed by atoms with Crippen LogP contribution in [0.25, 0.3) is 0 Å². The molecule has 1 saturated carbocycles. The Morgan fingerprint density at radius 2 is 1.61 bits per heavy atom. The molecule has 100 valence electrons. The molecule has 0 aliphatic heterocycles. The summed E-state index contributed by atoms with van der Waals surface area (Å²) >= 11 is 0. The fraction of sp³-hybridized carbons (Fsp3) is 0.600. The Bertz CT molecular complexity index is 386. The largest absolute Gasteiger partial charge is 0.496 e. The lowest BCUT2D eigenvalue weighted by Gasteiger charge is -2.24. The molecule has 1 fully saturated rings. The second kappa shape index (κ2) is 5.61.